The number of fused-ring (bicyclic) bond motifs is 1. The Kier molecular flexibility index (Phi) is 5.92. The van der Waals surface area contributed by atoms with E-state index in [4.69, 9.17) is 27.9 Å². The van der Waals surface area contributed by atoms with Gasteiger partial charge in [-0.15, -0.1) is 0 Å². The molecule has 0 saturated carbocycles. The average Bonchev–Trinajstić information content (AvgIpc) is 2.67. The fraction of sp³-hybridized carbons (Fsp3) is 0.125. The maximum atomic E-state index is 12.7. The molecule has 0 fully saturated rings. The number of pyridine rings is 1. The summed E-state index contributed by atoms with van der Waals surface area (Å²) in [7, 11) is 4.01. The maximum Gasteiger partial charge on any atom is 0.260 e. The Hall–Kier alpha value is -2.99. The Morgan fingerprint density at radius 1 is 1.00 bits per heavy atom. The van der Waals surface area contributed by atoms with Crippen LogP contribution in [0.5, 0.6) is 17.2 Å². The van der Waals surface area contributed by atoms with Crippen LogP contribution < -0.4 is 10.3 Å². The number of aromatic nitrogens is 1. The van der Waals surface area contributed by atoms with Gasteiger partial charge in [0, 0.05) is 11.6 Å². The van der Waals surface area contributed by atoms with Crippen molar-refractivity contribution in [1.29, 1.82) is 0 Å². The van der Waals surface area contributed by atoms with Crippen LogP contribution in [0.1, 0.15) is 5.56 Å². The number of aromatic amines is 1. The third-order valence-electron chi connectivity index (χ3n) is 4.76. The predicted octanol–water partition coefficient (Wildman–Crippen LogP) is 6.06. The van der Waals surface area contributed by atoms with Gasteiger partial charge in [-0.3, -0.25) is 4.79 Å². The molecule has 0 spiro atoms. The van der Waals surface area contributed by atoms with Crippen LogP contribution in [-0.4, -0.2) is 29.1 Å². The first-order chi connectivity index (χ1) is 14.8. The Balaban J connectivity index is 1.74. The molecule has 0 atom stereocenters. The van der Waals surface area contributed by atoms with E-state index in [1.807, 2.05) is 38.4 Å². The van der Waals surface area contributed by atoms with Gasteiger partial charge in [0.2, 0.25) is 0 Å². The van der Waals surface area contributed by atoms with Gasteiger partial charge in [0.1, 0.15) is 17.2 Å². The molecule has 7 heteroatoms. The molecule has 1 aromatic heterocycles. The van der Waals surface area contributed by atoms with Crippen molar-refractivity contribution < 1.29 is 9.84 Å². The molecule has 4 aromatic rings. The fourth-order valence-electron chi connectivity index (χ4n) is 3.52. The van der Waals surface area contributed by atoms with Crippen LogP contribution in [0.25, 0.3) is 22.0 Å². The second kappa shape index (κ2) is 8.63. The summed E-state index contributed by atoms with van der Waals surface area (Å²) in [6.07, 6.45) is 0. The van der Waals surface area contributed by atoms with E-state index in [1.165, 1.54) is 6.07 Å². The van der Waals surface area contributed by atoms with Crippen LogP contribution in [0, 0.1) is 0 Å². The highest BCUT2D eigenvalue weighted by molar-refractivity contribution is 6.39. The normalized spacial score (nSPS) is 11.3. The quantitative estimate of drug-likeness (QED) is 0.384. The lowest BCUT2D eigenvalue weighted by molar-refractivity contribution is 0.401. The lowest BCUT2D eigenvalue weighted by Crippen LogP contribution is -2.10. The Bertz CT molecular complexity index is 1330. The van der Waals surface area contributed by atoms with E-state index in [1.54, 1.807) is 30.3 Å². The number of nitrogens with one attached hydrogen (secondary N) is 1. The Morgan fingerprint density at radius 2 is 1.71 bits per heavy atom. The average molecular weight is 455 g/mol. The molecule has 0 amide bonds. The summed E-state index contributed by atoms with van der Waals surface area (Å²) in [6, 6.07) is 17.9. The molecule has 5 nitrogen and oxygen atoms in total. The van der Waals surface area contributed by atoms with Crippen LogP contribution in [-0.2, 0) is 6.54 Å². The number of H-pyrrole nitrogens is 1. The lowest BCUT2D eigenvalue weighted by atomic mass is 10.0. The molecule has 0 unspecified atom stereocenters. The zero-order chi connectivity index (χ0) is 22.1. The molecule has 2 N–H and O–H groups in total. The highest BCUT2D eigenvalue weighted by Crippen LogP contribution is 2.38. The molecular formula is C24H20Cl2N2O3. The van der Waals surface area contributed by atoms with E-state index >= 15 is 0 Å². The molecule has 0 radical (unpaired) electrons. The van der Waals surface area contributed by atoms with Gasteiger partial charge in [0.15, 0.2) is 0 Å². The molecule has 1 heterocycles. The summed E-state index contributed by atoms with van der Waals surface area (Å²) in [5, 5.41) is 11.8. The van der Waals surface area contributed by atoms with Gasteiger partial charge in [0.05, 0.1) is 21.5 Å². The van der Waals surface area contributed by atoms with Crippen molar-refractivity contribution in [1.82, 2.24) is 9.88 Å². The van der Waals surface area contributed by atoms with Crippen LogP contribution in [0.3, 0.4) is 0 Å². The van der Waals surface area contributed by atoms with Crippen molar-refractivity contribution in [3.05, 3.63) is 86.6 Å². The number of benzene rings is 3. The molecule has 158 valence electrons. The molecule has 3 aromatic carbocycles. The third kappa shape index (κ3) is 4.54. The summed E-state index contributed by atoms with van der Waals surface area (Å²) >= 11 is 12.3. The van der Waals surface area contributed by atoms with Crippen LogP contribution in [0.4, 0.5) is 0 Å². The summed E-state index contributed by atoms with van der Waals surface area (Å²) in [6.45, 7) is 0.794. The van der Waals surface area contributed by atoms with E-state index in [-0.39, 0.29) is 16.3 Å². The lowest BCUT2D eigenvalue weighted by Gasteiger charge is -2.13. The van der Waals surface area contributed by atoms with Crippen LogP contribution >= 0.6 is 23.2 Å². The second-order valence-corrected chi connectivity index (χ2v) is 8.35. The highest BCUT2D eigenvalue weighted by Gasteiger charge is 2.17. The van der Waals surface area contributed by atoms with Gasteiger partial charge in [-0.25, -0.2) is 0 Å². The zero-order valence-electron chi connectivity index (χ0n) is 16.9. The van der Waals surface area contributed by atoms with Crippen LogP contribution in [0.15, 0.2) is 65.5 Å². The first-order valence-electron chi connectivity index (χ1n) is 9.58. The SMILES string of the molecule is CN(C)Cc1cccc(Oc2cccc(-c3c(O)c4c(Cl)cc(Cl)cc4[nH]c3=O)c2)c1. The van der Waals surface area contributed by atoms with E-state index in [0.717, 1.165) is 12.1 Å². The van der Waals surface area contributed by atoms with Crippen molar-refractivity contribution in [2.75, 3.05) is 14.1 Å². The molecule has 0 aliphatic rings. The van der Waals surface area contributed by atoms with Crippen LogP contribution in [0.2, 0.25) is 10.0 Å². The second-order valence-electron chi connectivity index (χ2n) is 7.50. The summed E-state index contributed by atoms with van der Waals surface area (Å²) < 4.78 is 6.01. The minimum atomic E-state index is -0.450. The number of ether oxygens (including phenoxy) is 1. The molecule has 0 aliphatic carbocycles. The largest absolute Gasteiger partial charge is 0.506 e. The number of hydrogen-bond donors (Lipinski definition) is 2. The molecule has 0 aliphatic heterocycles. The van der Waals surface area contributed by atoms with Crippen molar-refractivity contribution in [2.24, 2.45) is 0 Å². The minimum absolute atomic E-state index is 0.114. The summed E-state index contributed by atoms with van der Waals surface area (Å²) in [4.78, 5) is 17.6. The first kappa shape index (κ1) is 21.2. The van der Waals surface area contributed by atoms with E-state index in [9.17, 15) is 9.90 Å². The van der Waals surface area contributed by atoms with E-state index in [0.29, 0.717) is 33.0 Å². The van der Waals surface area contributed by atoms with E-state index in [2.05, 4.69) is 9.88 Å². The molecule has 0 bridgehead atoms. The molecule has 4 rings (SSSR count). The van der Waals surface area contributed by atoms with Gasteiger partial charge < -0.3 is 19.7 Å². The minimum Gasteiger partial charge on any atom is -0.506 e. The Morgan fingerprint density at radius 3 is 2.45 bits per heavy atom. The van der Waals surface area contributed by atoms with Crippen molar-refractivity contribution in [3.8, 4) is 28.4 Å². The summed E-state index contributed by atoms with van der Waals surface area (Å²) in [5.74, 6) is 1.02. The van der Waals surface area contributed by atoms with Gasteiger partial charge in [0.25, 0.3) is 5.56 Å². The van der Waals surface area contributed by atoms with Gasteiger partial charge in [-0.2, -0.15) is 0 Å². The predicted molar refractivity (Wildman–Crippen MR) is 126 cm³/mol. The smallest absolute Gasteiger partial charge is 0.260 e. The monoisotopic (exact) mass is 454 g/mol. The fourth-order valence-corrected chi connectivity index (χ4v) is 4.10. The number of halogens is 2. The molecule has 0 saturated heterocycles. The molecular weight excluding hydrogens is 435 g/mol. The maximum absolute atomic E-state index is 12.7. The number of rotatable bonds is 5. The van der Waals surface area contributed by atoms with Crippen molar-refractivity contribution in [2.45, 2.75) is 6.54 Å². The topological polar surface area (TPSA) is 65.6 Å². The Labute approximate surface area is 189 Å². The summed E-state index contributed by atoms with van der Waals surface area (Å²) in [5.41, 5.74) is 1.66. The number of hydrogen-bond acceptors (Lipinski definition) is 4. The van der Waals surface area contributed by atoms with Crippen molar-refractivity contribution in [3.63, 3.8) is 0 Å². The number of nitrogens with zero attached hydrogens (tertiary/aromatic N) is 1. The van der Waals surface area contributed by atoms with E-state index < -0.39 is 5.56 Å². The highest BCUT2D eigenvalue weighted by atomic mass is 35.5. The van der Waals surface area contributed by atoms with Crippen molar-refractivity contribution >= 4 is 34.1 Å². The zero-order valence-corrected chi connectivity index (χ0v) is 18.5. The van der Waals surface area contributed by atoms with Gasteiger partial charge in [-0.1, -0.05) is 47.5 Å². The standard InChI is InChI=1S/C24H20Cl2N2O3/c1-28(2)13-14-5-3-7-17(9-14)31-18-8-4-6-15(10-18)21-23(29)22-19(26)11-16(25)12-20(22)27-24(21)30/h3-12H,13H2,1-2H3,(H2,27,29,30). The van der Waals surface area contributed by atoms with Gasteiger partial charge >= 0.3 is 0 Å². The third-order valence-corrected chi connectivity index (χ3v) is 5.28. The number of aromatic hydroxyl groups is 1. The molecule has 31 heavy (non-hydrogen) atoms. The van der Waals surface area contributed by atoms with Gasteiger partial charge in [-0.05, 0) is 61.6 Å². The first-order valence-corrected chi connectivity index (χ1v) is 10.3.